The lowest BCUT2D eigenvalue weighted by molar-refractivity contribution is -0.122. The van der Waals surface area contributed by atoms with Crippen LogP contribution in [0.5, 0.6) is 5.75 Å². The molecule has 0 saturated heterocycles. The molecule has 0 radical (unpaired) electrons. The standard InChI is InChI=1S/C16H19N3O2S2/c1-5-8-22-16-19-18-15(23-16)17-14(20)12(4)21-13-9-10(2)6-7-11(13)3/h5-7,9,12H,1,8H2,2-4H3,(H,17,18,20). The fraction of sp³-hybridized carbons (Fsp3) is 0.312. The highest BCUT2D eigenvalue weighted by Gasteiger charge is 2.18. The zero-order valence-corrected chi connectivity index (χ0v) is 15.0. The lowest BCUT2D eigenvalue weighted by Crippen LogP contribution is -2.30. The van der Waals surface area contributed by atoms with E-state index in [4.69, 9.17) is 4.74 Å². The Labute approximate surface area is 144 Å². The van der Waals surface area contributed by atoms with Crippen molar-refractivity contribution in [1.29, 1.82) is 0 Å². The predicted octanol–water partition coefficient (Wildman–Crippen LogP) is 3.84. The molecular formula is C16H19N3O2S2. The summed E-state index contributed by atoms with van der Waals surface area (Å²) in [6.07, 6.45) is 1.17. The normalized spacial score (nSPS) is 11.8. The Morgan fingerprint density at radius 3 is 3.00 bits per heavy atom. The summed E-state index contributed by atoms with van der Waals surface area (Å²) in [7, 11) is 0. The van der Waals surface area contributed by atoms with Gasteiger partial charge in [-0.05, 0) is 38.0 Å². The first-order chi connectivity index (χ1) is 11.0. The molecule has 23 heavy (non-hydrogen) atoms. The van der Waals surface area contributed by atoms with Crippen LogP contribution in [0.25, 0.3) is 0 Å². The predicted molar refractivity (Wildman–Crippen MR) is 95.5 cm³/mol. The Hall–Kier alpha value is -1.86. The first-order valence-electron chi connectivity index (χ1n) is 7.11. The number of carbonyl (C=O) groups excluding carboxylic acids is 1. The number of hydrogen-bond acceptors (Lipinski definition) is 6. The fourth-order valence-corrected chi connectivity index (χ4v) is 3.25. The van der Waals surface area contributed by atoms with E-state index in [2.05, 4.69) is 22.1 Å². The van der Waals surface area contributed by atoms with Crippen LogP contribution in [0, 0.1) is 13.8 Å². The summed E-state index contributed by atoms with van der Waals surface area (Å²) in [6.45, 7) is 9.31. The Morgan fingerprint density at radius 2 is 2.26 bits per heavy atom. The molecule has 0 aliphatic rings. The number of nitrogens with zero attached hydrogens (tertiary/aromatic N) is 2. The van der Waals surface area contributed by atoms with Crippen molar-refractivity contribution in [2.45, 2.75) is 31.2 Å². The van der Waals surface area contributed by atoms with Crippen LogP contribution in [0.2, 0.25) is 0 Å². The van der Waals surface area contributed by atoms with Gasteiger partial charge >= 0.3 is 0 Å². The summed E-state index contributed by atoms with van der Waals surface area (Å²) in [5.74, 6) is 1.23. The summed E-state index contributed by atoms with van der Waals surface area (Å²) < 4.78 is 6.55. The molecule has 0 aliphatic carbocycles. The lowest BCUT2D eigenvalue weighted by Gasteiger charge is -2.15. The second kappa shape index (κ2) is 8.12. The van der Waals surface area contributed by atoms with Gasteiger partial charge in [-0.25, -0.2) is 0 Å². The van der Waals surface area contributed by atoms with E-state index in [9.17, 15) is 4.79 Å². The number of thioether (sulfide) groups is 1. The quantitative estimate of drug-likeness (QED) is 0.467. The molecule has 0 saturated carbocycles. The average Bonchev–Trinajstić information content (AvgIpc) is 2.96. The van der Waals surface area contributed by atoms with Crippen LogP contribution in [-0.4, -0.2) is 28.0 Å². The molecule has 1 atom stereocenters. The number of ether oxygens (including phenoxy) is 1. The highest BCUT2D eigenvalue weighted by molar-refractivity contribution is 8.01. The number of nitrogens with one attached hydrogen (secondary N) is 1. The fourth-order valence-electron chi connectivity index (χ4n) is 1.73. The molecule has 1 heterocycles. The number of aromatic nitrogens is 2. The van der Waals surface area contributed by atoms with Crippen molar-refractivity contribution in [3.63, 3.8) is 0 Å². The van der Waals surface area contributed by atoms with Crippen LogP contribution in [0.15, 0.2) is 35.2 Å². The van der Waals surface area contributed by atoms with Gasteiger partial charge in [-0.15, -0.1) is 16.8 Å². The van der Waals surface area contributed by atoms with Gasteiger partial charge in [0.25, 0.3) is 5.91 Å². The zero-order valence-electron chi connectivity index (χ0n) is 13.3. The van der Waals surface area contributed by atoms with Gasteiger partial charge in [-0.1, -0.05) is 41.3 Å². The van der Waals surface area contributed by atoms with Gasteiger partial charge in [0.1, 0.15) is 5.75 Å². The molecule has 122 valence electrons. The van der Waals surface area contributed by atoms with E-state index in [1.807, 2.05) is 32.0 Å². The molecule has 0 fully saturated rings. The van der Waals surface area contributed by atoms with E-state index in [1.165, 1.54) is 23.1 Å². The maximum Gasteiger partial charge on any atom is 0.266 e. The minimum atomic E-state index is -0.622. The second-order valence-corrected chi connectivity index (χ2v) is 7.24. The zero-order chi connectivity index (χ0) is 16.8. The molecule has 2 aromatic rings. The van der Waals surface area contributed by atoms with Crippen LogP contribution in [0.4, 0.5) is 5.13 Å². The van der Waals surface area contributed by atoms with Gasteiger partial charge < -0.3 is 4.74 Å². The highest BCUT2D eigenvalue weighted by Crippen LogP contribution is 2.26. The van der Waals surface area contributed by atoms with Crippen LogP contribution < -0.4 is 10.1 Å². The third-order valence-electron chi connectivity index (χ3n) is 2.98. The van der Waals surface area contributed by atoms with Crippen molar-refractivity contribution in [3.8, 4) is 5.75 Å². The number of amides is 1. The second-order valence-electron chi connectivity index (χ2n) is 4.99. The molecular weight excluding hydrogens is 330 g/mol. The summed E-state index contributed by atoms with van der Waals surface area (Å²) in [5, 5.41) is 11.2. The van der Waals surface area contributed by atoms with E-state index < -0.39 is 6.10 Å². The molecule has 1 N–H and O–H groups in total. The van der Waals surface area contributed by atoms with Crippen molar-refractivity contribution in [2.24, 2.45) is 0 Å². The smallest absolute Gasteiger partial charge is 0.266 e. The molecule has 0 spiro atoms. The van der Waals surface area contributed by atoms with E-state index in [0.29, 0.717) is 10.9 Å². The van der Waals surface area contributed by atoms with Crippen molar-refractivity contribution in [2.75, 3.05) is 11.1 Å². The van der Waals surface area contributed by atoms with E-state index >= 15 is 0 Å². The summed E-state index contributed by atoms with van der Waals surface area (Å²) in [6, 6.07) is 5.91. The van der Waals surface area contributed by atoms with Crippen molar-refractivity contribution in [1.82, 2.24) is 10.2 Å². The van der Waals surface area contributed by atoms with Crippen LogP contribution >= 0.6 is 23.1 Å². The minimum Gasteiger partial charge on any atom is -0.481 e. The molecule has 1 aromatic carbocycles. The maximum absolute atomic E-state index is 12.2. The largest absolute Gasteiger partial charge is 0.481 e. The van der Waals surface area contributed by atoms with Crippen LogP contribution in [0.3, 0.4) is 0 Å². The van der Waals surface area contributed by atoms with E-state index in [0.717, 1.165) is 21.2 Å². The van der Waals surface area contributed by atoms with E-state index in [-0.39, 0.29) is 5.91 Å². The first-order valence-corrected chi connectivity index (χ1v) is 8.91. The van der Waals surface area contributed by atoms with Crippen LogP contribution in [-0.2, 0) is 4.79 Å². The summed E-state index contributed by atoms with van der Waals surface area (Å²) >= 11 is 2.86. The number of carbonyl (C=O) groups is 1. The van der Waals surface area contributed by atoms with Crippen LogP contribution in [0.1, 0.15) is 18.1 Å². The maximum atomic E-state index is 12.2. The summed E-state index contributed by atoms with van der Waals surface area (Å²) in [5.41, 5.74) is 2.08. The molecule has 1 unspecified atom stereocenters. The molecule has 1 amide bonds. The Bertz CT molecular complexity index is 700. The molecule has 5 nitrogen and oxygen atoms in total. The van der Waals surface area contributed by atoms with Crippen molar-refractivity contribution >= 4 is 34.1 Å². The number of anilines is 1. The SMILES string of the molecule is C=CCSc1nnc(NC(=O)C(C)Oc2cc(C)ccc2C)s1. The molecule has 0 aliphatic heterocycles. The number of benzene rings is 1. The van der Waals surface area contributed by atoms with Crippen molar-refractivity contribution in [3.05, 3.63) is 42.0 Å². The number of rotatable bonds is 7. The Balaban J connectivity index is 1.95. The van der Waals surface area contributed by atoms with Gasteiger partial charge in [0, 0.05) is 5.75 Å². The molecule has 2 rings (SSSR count). The van der Waals surface area contributed by atoms with E-state index in [1.54, 1.807) is 13.0 Å². The summed E-state index contributed by atoms with van der Waals surface area (Å²) in [4.78, 5) is 12.2. The van der Waals surface area contributed by atoms with Gasteiger partial charge in [0.15, 0.2) is 10.4 Å². The first kappa shape index (κ1) is 17.5. The topological polar surface area (TPSA) is 64.1 Å². The molecule has 1 aromatic heterocycles. The number of aryl methyl sites for hydroxylation is 2. The van der Waals surface area contributed by atoms with Gasteiger partial charge in [-0.3, -0.25) is 10.1 Å². The van der Waals surface area contributed by atoms with Crippen molar-refractivity contribution < 1.29 is 9.53 Å². The highest BCUT2D eigenvalue weighted by atomic mass is 32.2. The van der Waals surface area contributed by atoms with Gasteiger partial charge in [-0.2, -0.15) is 0 Å². The third kappa shape index (κ3) is 5.07. The lowest BCUT2D eigenvalue weighted by atomic mass is 10.1. The Kier molecular flexibility index (Phi) is 6.18. The third-order valence-corrected chi connectivity index (χ3v) is 4.95. The molecule has 0 bridgehead atoms. The number of hydrogen-bond donors (Lipinski definition) is 1. The minimum absolute atomic E-state index is 0.248. The Morgan fingerprint density at radius 1 is 1.48 bits per heavy atom. The monoisotopic (exact) mass is 349 g/mol. The van der Waals surface area contributed by atoms with Gasteiger partial charge in [0.2, 0.25) is 5.13 Å². The average molecular weight is 349 g/mol. The van der Waals surface area contributed by atoms with Gasteiger partial charge in [0.05, 0.1) is 0 Å². The molecule has 7 heteroatoms.